The van der Waals surface area contributed by atoms with Crippen molar-refractivity contribution in [1.29, 1.82) is 0 Å². The Morgan fingerprint density at radius 2 is 2.36 bits per heavy atom. The summed E-state index contributed by atoms with van der Waals surface area (Å²) in [6.07, 6.45) is 1.91. The fourth-order valence-electron chi connectivity index (χ4n) is 1.08. The molecular weight excluding hydrogens is 178 g/mol. The van der Waals surface area contributed by atoms with Gasteiger partial charge in [0.05, 0.1) is 6.61 Å². The van der Waals surface area contributed by atoms with Gasteiger partial charge in [0.15, 0.2) is 0 Å². The number of aromatic nitrogens is 2. The summed E-state index contributed by atoms with van der Waals surface area (Å²) >= 11 is 0. The van der Waals surface area contributed by atoms with E-state index in [4.69, 9.17) is 4.74 Å². The van der Waals surface area contributed by atoms with Gasteiger partial charge in [-0.2, -0.15) is 5.10 Å². The number of nitrogens with one attached hydrogen (secondary N) is 1. The molecule has 1 aromatic heterocycles. The Labute approximate surface area is 85.3 Å². The van der Waals surface area contributed by atoms with Gasteiger partial charge < -0.3 is 10.1 Å². The minimum Gasteiger partial charge on any atom is -0.379 e. The SMILES string of the molecule is CC(C)COCCNc1ccn(C)n1. The highest BCUT2D eigenvalue weighted by Gasteiger charge is 1.95. The summed E-state index contributed by atoms with van der Waals surface area (Å²) in [5.74, 6) is 1.51. The summed E-state index contributed by atoms with van der Waals surface area (Å²) in [6.45, 7) is 6.65. The summed E-state index contributed by atoms with van der Waals surface area (Å²) in [5.41, 5.74) is 0. The molecule has 0 aliphatic carbocycles. The third-order valence-corrected chi connectivity index (χ3v) is 1.72. The minimum absolute atomic E-state index is 0.602. The van der Waals surface area contributed by atoms with Gasteiger partial charge in [-0.05, 0) is 5.92 Å². The van der Waals surface area contributed by atoms with Crippen molar-refractivity contribution in [2.75, 3.05) is 25.1 Å². The molecule has 1 N–H and O–H groups in total. The molecule has 14 heavy (non-hydrogen) atoms. The van der Waals surface area contributed by atoms with Crippen LogP contribution in [0.25, 0.3) is 0 Å². The van der Waals surface area contributed by atoms with E-state index in [0.717, 1.165) is 25.6 Å². The van der Waals surface area contributed by atoms with E-state index < -0.39 is 0 Å². The van der Waals surface area contributed by atoms with E-state index in [1.807, 2.05) is 19.3 Å². The molecule has 0 unspecified atom stereocenters. The molecule has 1 rings (SSSR count). The Balaban J connectivity index is 2.04. The number of aryl methyl sites for hydroxylation is 1. The van der Waals surface area contributed by atoms with Crippen LogP contribution < -0.4 is 5.32 Å². The molecule has 0 saturated carbocycles. The van der Waals surface area contributed by atoms with E-state index in [0.29, 0.717) is 5.92 Å². The topological polar surface area (TPSA) is 39.1 Å². The minimum atomic E-state index is 0.602. The maximum atomic E-state index is 5.43. The van der Waals surface area contributed by atoms with Crippen LogP contribution in [0.1, 0.15) is 13.8 Å². The second-order valence-corrected chi connectivity index (χ2v) is 3.77. The van der Waals surface area contributed by atoms with Crippen molar-refractivity contribution in [3.63, 3.8) is 0 Å². The molecule has 0 aliphatic rings. The normalized spacial score (nSPS) is 10.9. The quantitative estimate of drug-likeness (QED) is 0.702. The maximum absolute atomic E-state index is 5.43. The van der Waals surface area contributed by atoms with Crippen molar-refractivity contribution >= 4 is 5.82 Å². The molecule has 0 atom stereocenters. The zero-order valence-corrected chi connectivity index (χ0v) is 9.16. The molecule has 4 nitrogen and oxygen atoms in total. The van der Waals surface area contributed by atoms with Gasteiger partial charge in [-0.15, -0.1) is 0 Å². The smallest absolute Gasteiger partial charge is 0.148 e. The van der Waals surface area contributed by atoms with E-state index in [1.165, 1.54) is 0 Å². The average Bonchev–Trinajstić information content (AvgIpc) is 2.50. The van der Waals surface area contributed by atoms with Crippen molar-refractivity contribution in [3.8, 4) is 0 Å². The Kier molecular flexibility index (Phi) is 4.46. The molecule has 0 aromatic carbocycles. The molecule has 80 valence electrons. The first-order valence-electron chi connectivity index (χ1n) is 4.99. The van der Waals surface area contributed by atoms with Gasteiger partial charge in [0.25, 0.3) is 0 Å². The molecule has 0 aliphatic heterocycles. The van der Waals surface area contributed by atoms with Gasteiger partial charge in [0.2, 0.25) is 0 Å². The molecule has 1 heterocycles. The maximum Gasteiger partial charge on any atom is 0.148 e. The first-order valence-corrected chi connectivity index (χ1v) is 4.99. The van der Waals surface area contributed by atoms with Gasteiger partial charge in [-0.25, -0.2) is 0 Å². The Hall–Kier alpha value is -1.03. The Morgan fingerprint density at radius 3 is 2.93 bits per heavy atom. The largest absolute Gasteiger partial charge is 0.379 e. The Bertz CT molecular complexity index is 258. The summed E-state index contributed by atoms with van der Waals surface area (Å²) in [5, 5.41) is 7.38. The highest BCUT2D eigenvalue weighted by atomic mass is 16.5. The van der Waals surface area contributed by atoms with E-state index in [9.17, 15) is 0 Å². The van der Waals surface area contributed by atoms with Crippen molar-refractivity contribution in [2.45, 2.75) is 13.8 Å². The van der Waals surface area contributed by atoms with Crippen LogP contribution in [0.4, 0.5) is 5.82 Å². The lowest BCUT2D eigenvalue weighted by Gasteiger charge is -2.06. The van der Waals surface area contributed by atoms with Gasteiger partial charge in [-0.1, -0.05) is 13.8 Å². The predicted molar refractivity (Wildman–Crippen MR) is 57.4 cm³/mol. The fraction of sp³-hybridized carbons (Fsp3) is 0.700. The average molecular weight is 197 g/mol. The van der Waals surface area contributed by atoms with Crippen LogP contribution in [-0.2, 0) is 11.8 Å². The van der Waals surface area contributed by atoms with Crippen LogP contribution in [0.3, 0.4) is 0 Å². The third-order valence-electron chi connectivity index (χ3n) is 1.72. The summed E-state index contributed by atoms with van der Waals surface area (Å²) in [7, 11) is 1.90. The first-order chi connectivity index (χ1) is 6.68. The highest BCUT2D eigenvalue weighted by Crippen LogP contribution is 1.99. The van der Waals surface area contributed by atoms with Crippen LogP contribution >= 0.6 is 0 Å². The van der Waals surface area contributed by atoms with Crippen molar-refractivity contribution in [1.82, 2.24) is 9.78 Å². The first kappa shape index (κ1) is 11.0. The number of hydrogen-bond donors (Lipinski definition) is 1. The van der Waals surface area contributed by atoms with Crippen molar-refractivity contribution < 1.29 is 4.74 Å². The van der Waals surface area contributed by atoms with Gasteiger partial charge >= 0.3 is 0 Å². The number of hydrogen-bond acceptors (Lipinski definition) is 3. The highest BCUT2D eigenvalue weighted by molar-refractivity contribution is 5.31. The number of nitrogens with zero attached hydrogens (tertiary/aromatic N) is 2. The van der Waals surface area contributed by atoms with Crippen molar-refractivity contribution in [2.24, 2.45) is 13.0 Å². The third kappa shape index (κ3) is 4.28. The molecule has 0 fully saturated rings. The summed E-state index contributed by atoms with van der Waals surface area (Å²) in [4.78, 5) is 0. The van der Waals surface area contributed by atoms with Crippen LogP contribution in [0.2, 0.25) is 0 Å². The van der Waals surface area contributed by atoms with Gasteiger partial charge in [0, 0.05) is 32.5 Å². The standard InChI is InChI=1S/C10H19N3O/c1-9(2)8-14-7-5-11-10-4-6-13(3)12-10/h4,6,9H,5,7-8H2,1-3H3,(H,11,12). The summed E-state index contributed by atoms with van der Waals surface area (Å²) < 4.78 is 7.20. The Morgan fingerprint density at radius 1 is 1.57 bits per heavy atom. The molecule has 0 amide bonds. The monoisotopic (exact) mass is 197 g/mol. The van der Waals surface area contributed by atoms with E-state index >= 15 is 0 Å². The lowest BCUT2D eigenvalue weighted by Crippen LogP contribution is -2.12. The predicted octanol–water partition coefficient (Wildman–Crippen LogP) is 1.50. The molecule has 0 saturated heterocycles. The van der Waals surface area contributed by atoms with Gasteiger partial charge in [-0.3, -0.25) is 4.68 Å². The zero-order valence-electron chi connectivity index (χ0n) is 9.16. The van der Waals surface area contributed by atoms with Crippen molar-refractivity contribution in [3.05, 3.63) is 12.3 Å². The fourth-order valence-corrected chi connectivity index (χ4v) is 1.08. The number of rotatable bonds is 6. The van der Waals surface area contributed by atoms with E-state index in [1.54, 1.807) is 4.68 Å². The van der Waals surface area contributed by atoms with E-state index in [2.05, 4.69) is 24.3 Å². The van der Waals surface area contributed by atoms with Crippen LogP contribution in [0, 0.1) is 5.92 Å². The van der Waals surface area contributed by atoms with Gasteiger partial charge in [0.1, 0.15) is 5.82 Å². The molecule has 0 bridgehead atoms. The van der Waals surface area contributed by atoms with Crippen LogP contribution in [0.15, 0.2) is 12.3 Å². The second kappa shape index (κ2) is 5.65. The molecule has 4 heteroatoms. The number of ether oxygens (including phenoxy) is 1. The molecule has 0 radical (unpaired) electrons. The van der Waals surface area contributed by atoms with E-state index in [-0.39, 0.29) is 0 Å². The molecule has 0 spiro atoms. The number of anilines is 1. The summed E-state index contributed by atoms with van der Waals surface area (Å²) in [6, 6.07) is 1.95. The lowest BCUT2D eigenvalue weighted by atomic mass is 10.2. The molecule has 1 aromatic rings. The zero-order chi connectivity index (χ0) is 10.4. The second-order valence-electron chi connectivity index (χ2n) is 3.77. The molecular formula is C10H19N3O. The van der Waals surface area contributed by atoms with Crippen LogP contribution in [0.5, 0.6) is 0 Å². The lowest BCUT2D eigenvalue weighted by molar-refractivity contribution is 0.118. The van der Waals surface area contributed by atoms with Crippen LogP contribution in [-0.4, -0.2) is 29.5 Å².